The van der Waals surface area contributed by atoms with Crippen molar-refractivity contribution in [3.63, 3.8) is 0 Å². The SMILES string of the molecule is COC(=O)CC=Cc1cc([N+](=O)[O-])cc(C)c1N. The zero-order valence-corrected chi connectivity index (χ0v) is 10.2. The molecule has 2 N–H and O–H groups in total. The van der Waals surface area contributed by atoms with E-state index >= 15 is 0 Å². The first-order valence-electron chi connectivity index (χ1n) is 5.23. The summed E-state index contributed by atoms with van der Waals surface area (Å²) >= 11 is 0. The molecule has 0 aliphatic carbocycles. The molecule has 0 unspecified atom stereocenters. The molecule has 0 aromatic heterocycles. The summed E-state index contributed by atoms with van der Waals surface area (Å²) in [4.78, 5) is 21.1. The highest BCUT2D eigenvalue weighted by Crippen LogP contribution is 2.25. The Balaban J connectivity index is 3.01. The van der Waals surface area contributed by atoms with E-state index < -0.39 is 4.92 Å². The molecule has 1 rings (SSSR count). The van der Waals surface area contributed by atoms with Crippen LogP contribution in [0.5, 0.6) is 0 Å². The first-order chi connectivity index (χ1) is 8.45. The van der Waals surface area contributed by atoms with Crippen molar-refractivity contribution in [3.8, 4) is 0 Å². The molecular weight excluding hydrogens is 236 g/mol. The van der Waals surface area contributed by atoms with Crippen molar-refractivity contribution in [2.75, 3.05) is 12.8 Å². The third kappa shape index (κ3) is 3.31. The van der Waals surface area contributed by atoms with E-state index in [0.29, 0.717) is 16.8 Å². The van der Waals surface area contributed by atoms with Crippen LogP contribution in [0.25, 0.3) is 6.08 Å². The molecule has 6 heteroatoms. The third-order valence-corrected chi connectivity index (χ3v) is 2.42. The molecule has 0 spiro atoms. The normalized spacial score (nSPS) is 10.6. The zero-order valence-electron chi connectivity index (χ0n) is 10.2. The number of nitro benzene ring substituents is 1. The molecule has 0 amide bonds. The predicted octanol–water partition coefficient (Wildman–Crippen LogP) is 2.06. The van der Waals surface area contributed by atoms with Gasteiger partial charge in [0.2, 0.25) is 0 Å². The number of carbonyl (C=O) groups excluding carboxylic acids is 1. The van der Waals surface area contributed by atoms with Gasteiger partial charge in [0, 0.05) is 23.4 Å². The highest BCUT2D eigenvalue weighted by atomic mass is 16.6. The minimum Gasteiger partial charge on any atom is -0.469 e. The molecule has 0 heterocycles. The van der Waals surface area contributed by atoms with Crippen LogP contribution in [0.4, 0.5) is 11.4 Å². The van der Waals surface area contributed by atoms with E-state index in [9.17, 15) is 14.9 Å². The van der Waals surface area contributed by atoms with Crippen molar-refractivity contribution < 1.29 is 14.5 Å². The predicted molar refractivity (Wildman–Crippen MR) is 67.9 cm³/mol. The second-order valence-corrected chi connectivity index (χ2v) is 3.71. The molecule has 0 atom stereocenters. The van der Waals surface area contributed by atoms with Gasteiger partial charge in [-0.25, -0.2) is 0 Å². The van der Waals surface area contributed by atoms with Crippen molar-refractivity contribution in [2.24, 2.45) is 0 Å². The number of non-ortho nitro benzene ring substituents is 1. The number of nitrogens with two attached hydrogens (primary N) is 1. The van der Waals surface area contributed by atoms with Crippen LogP contribution in [-0.2, 0) is 9.53 Å². The third-order valence-electron chi connectivity index (χ3n) is 2.42. The summed E-state index contributed by atoms with van der Waals surface area (Å²) in [5.41, 5.74) is 7.39. The first kappa shape index (κ1) is 13.7. The summed E-state index contributed by atoms with van der Waals surface area (Å²) in [6.45, 7) is 1.69. The Bertz CT molecular complexity index is 509. The van der Waals surface area contributed by atoms with E-state index in [-0.39, 0.29) is 18.1 Å². The number of anilines is 1. The highest BCUT2D eigenvalue weighted by Gasteiger charge is 2.10. The second kappa shape index (κ2) is 5.81. The molecular formula is C12H14N2O4. The number of hydrogen-bond donors (Lipinski definition) is 1. The van der Waals surface area contributed by atoms with Crippen molar-refractivity contribution in [1.82, 2.24) is 0 Å². The zero-order chi connectivity index (χ0) is 13.7. The molecule has 0 saturated carbocycles. The number of esters is 1. The van der Waals surface area contributed by atoms with Crippen molar-refractivity contribution in [1.29, 1.82) is 0 Å². The van der Waals surface area contributed by atoms with Gasteiger partial charge in [-0.15, -0.1) is 0 Å². The van der Waals surface area contributed by atoms with Gasteiger partial charge in [0.15, 0.2) is 0 Å². The van der Waals surface area contributed by atoms with E-state index in [2.05, 4.69) is 4.74 Å². The number of carbonyl (C=O) groups is 1. The molecule has 0 saturated heterocycles. The molecule has 96 valence electrons. The van der Waals surface area contributed by atoms with Gasteiger partial charge in [-0.05, 0) is 12.5 Å². The van der Waals surface area contributed by atoms with Crippen LogP contribution in [0.2, 0.25) is 0 Å². The number of methoxy groups -OCH3 is 1. The van der Waals surface area contributed by atoms with Crippen molar-refractivity contribution in [2.45, 2.75) is 13.3 Å². The lowest BCUT2D eigenvalue weighted by Crippen LogP contribution is -1.98. The maximum absolute atomic E-state index is 10.9. The molecule has 0 bridgehead atoms. The summed E-state index contributed by atoms with van der Waals surface area (Å²) < 4.78 is 4.47. The number of nitro groups is 1. The van der Waals surface area contributed by atoms with Gasteiger partial charge in [-0.1, -0.05) is 12.2 Å². The Morgan fingerprint density at radius 2 is 2.22 bits per heavy atom. The van der Waals surface area contributed by atoms with Crippen LogP contribution in [-0.4, -0.2) is 18.0 Å². The number of benzene rings is 1. The van der Waals surface area contributed by atoms with E-state index in [1.54, 1.807) is 19.1 Å². The number of ether oxygens (including phenoxy) is 1. The summed E-state index contributed by atoms with van der Waals surface area (Å²) in [6, 6.07) is 2.78. The molecule has 0 aliphatic rings. The number of hydrogen-bond acceptors (Lipinski definition) is 5. The smallest absolute Gasteiger partial charge is 0.309 e. The van der Waals surface area contributed by atoms with E-state index in [1.807, 2.05) is 0 Å². The van der Waals surface area contributed by atoms with E-state index in [1.165, 1.54) is 19.2 Å². The topological polar surface area (TPSA) is 95.5 Å². The molecule has 18 heavy (non-hydrogen) atoms. The van der Waals surface area contributed by atoms with Crippen LogP contribution in [0, 0.1) is 17.0 Å². The van der Waals surface area contributed by atoms with Gasteiger partial charge in [-0.3, -0.25) is 14.9 Å². The highest BCUT2D eigenvalue weighted by molar-refractivity contribution is 5.75. The summed E-state index contributed by atoms with van der Waals surface area (Å²) in [5, 5.41) is 10.7. The molecule has 0 fully saturated rings. The molecule has 0 aliphatic heterocycles. The largest absolute Gasteiger partial charge is 0.469 e. The molecule has 6 nitrogen and oxygen atoms in total. The Morgan fingerprint density at radius 3 is 2.78 bits per heavy atom. The average molecular weight is 250 g/mol. The first-order valence-corrected chi connectivity index (χ1v) is 5.23. The van der Waals surface area contributed by atoms with Gasteiger partial charge in [0.1, 0.15) is 0 Å². The van der Waals surface area contributed by atoms with Crippen LogP contribution in [0.3, 0.4) is 0 Å². The maximum atomic E-state index is 10.9. The standard InChI is InChI=1S/C12H14N2O4/c1-8-6-10(14(16)17)7-9(12(8)13)4-3-5-11(15)18-2/h3-4,6-7H,5,13H2,1-2H3. The van der Waals surface area contributed by atoms with Gasteiger partial charge in [0.25, 0.3) is 5.69 Å². The van der Waals surface area contributed by atoms with E-state index in [4.69, 9.17) is 5.73 Å². The Kier molecular flexibility index (Phi) is 4.42. The molecule has 1 aromatic carbocycles. The fourth-order valence-electron chi connectivity index (χ4n) is 1.41. The van der Waals surface area contributed by atoms with Crippen LogP contribution < -0.4 is 5.73 Å². The summed E-state index contributed by atoms with van der Waals surface area (Å²) in [6.07, 6.45) is 3.23. The average Bonchev–Trinajstić information content (AvgIpc) is 2.33. The number of nitrogen functional groups attached to an aromatic ring is 1. The Morgan fingerprint density at radius 1 is 1.56 bits per heavy atom. The second-order valence-electron chi connectivity index (χ2n) is 3.71. The fraction of sp³-hybridized carbons (Fsp3) is 0.250. The van der Waals surface area contributed by atoms with Gasteiger partial charge >= 0.3 is 5.97 Å². The maximum Gasteiger partial charge on any atom is 0.309 e. The number of rotatable bonds is 4. The number of nitrogens with zero attached hydrogens (tertiary/aromatic N) is 1. The van der Waals surface area contributed by atoms with Crippen LogP contribution in [0.15, 0.2) is 18.2 Å². The lowest BCUT2D eigenvalue weighted by atomic mass is 10.1. The minimum atomic E-state index is -0.482. The Labute approximate surface area is 104 Å². The lowest BCUT2D eigenvalue weighted by Gasteiger charge is -2.04. The van der Waals surface area contributed by atoms with Gasteiger partial charge in [-0.2, -0.15) is 0 Å². The summed E-state index contributed by atoms with van der Waals surface area (Å²) in [7, 11) is 1.29. The monoisotopic (exact) mass is 250 g/mol. The fourth-order valence-corrected chi connectivity index (χ4v) is 1.41. The van der Waals surface area contributed by atoms with Gasteiger partial charge in [0.05, 0.1) is 18.5 Å². The Hall–Kier alpha value is -2.37. The van der Waals surface area contributed by atoms with Crippen LogP contribution >= 0.6 is 0 Å². The minimum absolute atomic E-state index is 0.0283. The van der Waals surface area contributed by atoms with Gasteiger partial charge < -0.3 is 10.5 Å². The lowest BCUT2D eigenvalue weighted by molar-refractivity contribution is -0.384. The molecule has 1 aromatic rings. The van der Waals surface area contributed by atoms with Crippen molar-refractivity contribution in [3.05, 3.63) is 39.4 Å². The quantitative estimate of drug-likeness (QED) is 0.382. The van der Waals surface area contributed by atoms with Crippen molar-refractivity contribution >= 4 is 23.4 Å². The number of aryl methyl sites for hydroxylation is 1. The summed E-state index contributed by atoms with van der Waals surface area (Å²) in [5.74, 6) is -0.382. The van der Waals surface area contributed by atoms with E-state index in [0.717, 1.165) is 0 Å². The molecule has 0 radical (unpaired) electrons. The van der Waals surface area contributed by atoms with Crippen LogP contribution in [0.1, 0.15) is 17.5 Å².